The average molecular weight is 428 g/mol. The molecular formula is C22H21FN2O4S. The Morgan fingerprint density at radius 1 is 1.33 bits per heavy atom. The van der Waals surface area contributed by atoms with Crippen LogP contribution in [0.15, 0.2) is 53.1 Å². The van der Waals surface area contributed by atoms with E-state index in [2.05, 4.69) is 6.07 Å². The number of nitrogens with zero attached hydrogens (tertiary/aromatic N) is 1. The molecular weight excluding hydrogens is 407 g/mol. The van der Waals surface area contributed by atoms with Crippen LogP contribution in [-0.2, 0) is 20.9 Å². The first-order valence-electron chi connectivity index (χ1n) is 9.28. The molecule has 0 amide bonds. The number of hydrogen-bond donors (Lipinski definition) is 1. The summed E-state index contributed by atoms with van der Waals surface area (Å²) < 4.78 is 29.4. The zero-order chi connectivity index (χ0) is 21.8. The maximum Gasteiger partial charge on any atom is 0.338 e. The van der Waals surface area contributed by atoms with Gasteiger partial charge in [-0.05, 0) is 51.1 Å². The molecule has 1 aliphatic rings. The lowest BCUT2D eigenvalue weighted by Gasteiger charge is -2.25. The van der Waals surface area contributed by atoms with E-state index in [0.29, 0.717) is 11.5 Å². The van der Waals surface area contributed by atoms with Crippen molar-refractivity contribution in [2.75, 3.05) is 6.61 Å². The van der Waals surface area contributed by atoms with Crippen LogP contribution in [0.2, 0.25) is 0 Å². The number of esters is 1. The van der Waals surface area contributed by atoms with Crippen LogP contribution >= 0.6 is 11.3 Å². The quantitative estimate of drug-likeness (QED) is 0.685. The maximum atomic E-state index is 13.1. The molecule has 6 nitrogen and oxygen atoms in total. The molecule has 0 radical (unpaired) electrons. The highest BCUT2D eigenvalue weighted by atomic mass is 32.1. The molecule has 8 heteroatoms. The largest absolute Gasteiger partial charge is 0.489 e. The van der Waals surface area contributed by atoms with Gasteiger partial charge in [0, 0.05) is 15.3 Å². The predicted octanol–water partition coefficient (Wildman–Crippen LogP) is 4.42. The van der Waals surface area contributed by atoms with E-state index >= 15 is 0 Å². The summed E-state index contributed by atoms with van der Waals surface area (Å²) in [5.74, 6) is -0.729. The summed E-state index contributed by atoms with van der Waals surface area (Å²) in [5.41, 5.74) is 7.25. The summed E-state index contributed by atoms with van der Waals surface area (Å²) in [6.45, 7) is 5.72. The lowest BCUT2D eigenvalue weighted by atomic mass is 9.87. The van der Waals surface area contributed by atoms with Crippen molar-refractivity contribution in [3.63, 3.8) is 0 Å². The van der Waals surface area contributed by atoms with Gasteiger partial charge in [-0.15, -0.1) is 11.3 Å². The number of nitrogens with two attached hydrogens (primary N) is 1. The lowest BCUT2D eigenvalue weighted by Crippen LogP contribution is -2.25. The van der Waals surface area contributed by atoms with E-state index in [0.717, 1.165) is 15.3 Å². The topological polar surface area (TPSA) is 94.6 Å². The number of benzene rings is 1. The van der Waals surface area contributed by atoms with Crippen LogP contribution in [0.1, 0.15) is 35.1 Å². The second-order valence-corrected chi connectivity index (χ2v) is 7.88. The number of rotatable bonds is 6. The van der Waals surface area contributed by atoms with Crippen molar-refractivity contribution < 1.29 is 23.4 Å². The van der Waals surface area contributed by atoms with Crippen molar-refractivity contribution in [1.29, 1.82) is 5.26 Å². The van der Waals surface area contributed by atoms with E-state index in [-0.39, 0.29) is 36.1 Å². The van der Waals surface area contributed by atoms with Gasteiger partial charge in [-0.1, -0.05) is 0 Å². The summed E-state index contributed by atoms with van der Waals surface area (Å²) >= 11 is 1.44. The Morgan fingerprint density at radius 2 is 2.03 bits per heavy atom. The standard InChI is InChI=1S/C22H21FN2O4S/c1-4-27-22(26)19-12(2)29-21(25)17(10-24)20(19)18-9-14(13(3)30-18)11-28-16-7-5-15(23)6-8-16/h5-9,20H,4,11,25H2,1-3H3. The molecule has 0 saturated heterocycles. The smallest absolute Gasteiger partial charge is 0.338 e. The molecule has 0 spiro atoms. The third-order valence-corrected chi connectivity index (χ3v) is 5.79. The van der Waals surface area contributed by atoms with E-state index in [4.69, 9.17) is 19.9 Å². The van der Waals surface area contributed by atoms with Crippen LogP contribution in [0.25, 0.3) is 0 Å². The summed E-state index contributed by atoms with van der Waals surface area (Å²) in [7, 11) is 0. The van der Waals surface area contributed by atoms with Gasteiger partial charge in [0.2, 0.25) is 5.88 Å². The van der Waals surface area contributed by atoms with Crippen LogP contribution in [-0.4, -0.2) is 12.6 Å². The number of ether oxygens (including phenoxy) is 3. The number of allylic oxidation sites excluding steroid dienone is 2. The molecule has 0 bridgehead atoms. The van der Waals surface area contributed by atoms with E-state index in [1.165, 1.54) is 23.5 Å². The normalized spacial score (nSPS) is 16.2. The van der Waals surface area contributed by atoms with Crippen molar-refractivity contribution in [2.45, 2.75) is 33.3 Å². The molecule has 1 aromatic heterocycles. The average Bonchev–Trinajstić information content (AvgIpc) is 3.07. The van der Waals surface area contributed by atoms with Crippen LogP contribution in [0.4, 0.5) is 4.39 Å². The molecule has 156 valence electrons. The molecule has 0 aliphatic carbocycles. The minimum Gasteiger partial charge on any atom is -0.489 e. The Hall–Kier alpha value is -3.31. The Kier molecular flexibility index (Phi) is 6.43. The summed E-state index contributed by atoms with van der Waals surface area (Å²) in [4.78, 5) is 14.3. The number of thiophene rings is 1. The summed E-state index contributed by atoms with van der Waals surface area (Å²) in [6, 6.07) is 9.72. The van der Waals surface area contributed by atoms with Crippen molar-refractivity contribution in [3.8, 4) is 11.8 Å². The Labute approximate surface area is 178 Å². The molecule has 0 saturated carbocycles. The van der Waals surface area contributed by atoms with E-state index < -0.39 is 11.9 Å². The SMILES string of the molecule is CCOC(=O)C1=C(C)OC(N)=C(C#N)C1c1cc(COc2ccc(F)cc2)c(C)s1. The van der Waals surface area contributed by atoms with Gasteiger partial charge < -0.3 is 19.9 Å². The van der Waals surface area contributed by atoms with E-state index in [9.17, 15) is 14.4 Å². The molecule has 0 fully saturated rings. The number of halogens is 1. The van der Waals surface area contributed by atoms with Crippen molar-refractivity contribution in [1.82, 2.24) is 0 Å². The fourth-order valence-electron chi connectivity index (χ4n) is 3.16. The first-order valence-corrected chi connectivity index (χ1v) is 10.1. The second-order valence-electron chi connectivity index (χ2n) is 6.59. The molecule has 30 heavy (non-hydrogen) atoms. The fourth-order valence-corrected chi connectivity index (χ4v) is 4.32. The van der Waals surface area contributed by atoms with E-state index in [1.54, 1.807) is 26.0 Å². The molecule has 2 heterocycles. The van der Waals surface area contributed by atoms with Crippen molar-refractivity contribution in [3.05, 3.63) is 74.3 Å². The third kappa shape index (κ3) is 4.31. The number of carbonyl (C=O) groups is 1. The minimum atomic E-state index is -0.675. The first-order chi connectivity index (χ1) is 14.3. The number of hydrogen-bond acceptors (Lipinski definition) is 7. The third-order valence-electron chi connectivity index (χ3n) is 4.63. The summed E-state index contributed by atoms with van der Waals surface area (Å²) in [5, 5.41) is 9.67. The minimum absolute atomic E-state index is 0.0248. The number of carbonyl (C=O) groups excluding carboxylic acids is 1. The molecule has 1 aliphatic heterocycles. The molecule has 2 aromatic rings. The number of nitriles is 1. The van der Waals surface area contributed by atoms with Crippen LogP contribution in [0, 0.1) is 24.1 Å². The Morgan fingerprint density at radius 3 is 2.67 bits per heavy atom. The molecule has 3 rings (SSSR count). The molecule has 1 aromatic carbocycles. The summed E-state index contributed by atoms with van der Waals surface area (Å²) in [6.07, 6.45) is 0. The molecule has 1 unspecified atom stereocenters. The fraction of sp³-hybridized carbons (Fsp3) is 0.273. The maximum absolute atomic E-state index is 13.1. The Balaban J connectivity index is 1.94. The van der Waals surface area contributed by atoms with Gasteiger partial charge in [-0.3, -0.25) is 0 Å². The highest BCUT2D eigenvalue weighted by Crippen LogP contribution is 2.43. The highest BCUT2D eigenvalue weighted by molar-refractivity contribution is 7.12. The molecule has 1 atom stereocenters. The first kappa shape index (κ1) is 21.4. The van der Waals surface area contributed by atoms with E-state index in [1.807, 2.05) is 13.0 Å². The van der Waals surface area contributed by atoms with Gasteiger partial charge in [0.05, 0.1) is 18.1 Å². The van der Waals surface area contributed by atoms with Crippen molar-refractivity contribution >= 4 is 17.3 Å². The highest BCUT2D eigenvalue weighted by Gasteiger charge is 2.37. The van der Waals surface area contributed by atoms with Gasteiger partial charge in [-0.25, -0.2) is 9.18 Å². The van der Waals surface area contributed by atoms with Gasteiger partial charge in [0.15, 0.2) is 0 Å². The van der Waals surface area contributed by atoms with Crippen LogP contribution < -0.4 is 10.5 Å². The van der Waals surface area contributed by atoms with Crippen LogP contribution in [0.5, 0.6) is 5.75 Å². The predicted molar refractivity (Wildman–Crippen MR) is 110 cm³/mol. The zero-order valence-electron chi connectivity index (χ0n) is 16.8. The van der Waals surface area contributed by atoms with Gasteiger partial charge in [-0.2, -0.15) is 5.26 Å². The van der Waals surface area contributed by atoms with Gasteiger partial charge >= 0.3 is 5.97 Å². The van der Waals surface area contributed by atoms with Crippen molar-refractivity contribution in [2.24, 2.45) is 5.73 Å². The van der Waals surface area contributed by atoms with Gasteiger partial charge in [0.1, 0.15) is 35.6 Å². The second kappa shape index (κ2) is 9.01. The van der Waals surface area contributed by atoms with Crippen LogP contribution in [0.3, 0.4) is 0 Å². The Bertz CT molecular complexity index is 1060. The van der Waals surface area contributed by atoms with Gasteiger partial charge in [0.25, 0.3) is 0 Å². The lowest BCUT2D eigenvalue weighted by molar-refractivity contribution is -0.139. The zero-order valence-corrected chi connectivity index (χ0v) is 17.6. The molecule has 2 N–H and O–H groups in total. The number of aryl methyl sites for hydroxylation is 1. The monoisotopic (exact) mass is 428 g/mol.